The summed E-state index contributed by atoms with van der Waals surface area (Å²) in [6, 6.07) is 4.85. The number of anilines is 1. The molecule has 26 heavy (non-hydrogen) atoms. The van der Waals surface area contributed by atoms with Gasteiger partial charge in [-0.05, 0) is 39.0 Å². The van der Waals surface area contributed by atoms with Gasteiger partial charge in [0.15, 0.2) is 5.78 Å². The molecule has 0 N–H and O–H groups in total. The third kappa shape index (κ3) is 2.06. The van der Waals surface area contributed by atoms with Crippen LogP contribution in [-0.4, -0.2) is 24.7 Å². The molecule has 1 saturated heterocycles. The minimum atomic E-state index is -0.354. The van der Waals surface area contributed by atoms with Crippen molar-refractivity contribution in [2.45, 2.75) is 20.8 Å². The van der Waals surface area contributed by atoms with E-state index in [4.69, 9.17) is 4.74 Å². The monoisotopic (exact) mass is 351 g/mol. The van der Waals surface area contributed by atoms with Gasteiger partial charge in [0.25, 0.3) is 0 Å². The maximum Gasteiger partial charge on any atom is 0.238 e. The summed E-state index contributed by atoms with van der Waals surface area (Å²) < 4.78 is 5.36. The average Bonchev–Trinajstić information content (AvgIpc) is 3.24. The van der Waals surface area contributed by atoms with Crippen molar-refractivity contribution in [3.05, 3.63) is 47.1 Å². The van der Waals surface area contributed by atoms with Crippen LogP contribution in [0.1, 0.15) is 31.1 Å². The van der Waals surface area contributed by atoms with Crippen LogP contribution in [0.2, 0.25) is 0 Å². The van der Waals surface area contributed by atoms with E-state index in [1.54, 1.807) is 18.2 Å². The molecule has 4 unspecified atom stereocenters. The second-order valence-electron chi connectivity index (χ2n) is 7.40. The second-order valence-corrected chi connectivity index (χ2v) is 7.40. The van der Waals surface area contributed by atoms with Gasteiger partial charge in [0, 0.05) is 17.4 Å². The van der Waals surface area contributed by atoms with Crippen molar-refractivity contribution in [1.82, 2.24) is 0 Å². The molecule has 5 heteroatoms. The molecule has 134 valence electrons. The number of ketones is 1. The molecule has 1 saturated carbocycles. The number of amides is 2. The molecule has 2 aliphatic carbocycles. The Hall–Kier alpha value is -2.69. The minimum Gasteiger partial charge on any atom is -0.495 e. The molecule has 1 aromatic rings. The third-order valence-electron chi connectivity index (χ3n) is 5.82. The molecular weight excluding hydrogens is 330 g/mol. The summed E-state index contributed by atoms with van der Waals surface area (Å²) in [7, 11) is 1.49. The molecule has 1 aromatic carbocycles. The summed E-state index contributed by atoms with van der Waals surface area (Å²) in [5.74, 6) is -0.816. The standard InChI is InChI=1S/C21H21NO4/c1-10(2)17-13-6-7-14(17)19-18(13)20(24)22(21(19)25)15-9-12(11(3)23)5-8-16(15)26-4/h5-9,13-14,18-19H,1-4H3. The van der Waals surface area contributed by atoms with Gasteiger partial charge >= 0.3 is 0 Å². The highest BCUT2D eigenvalue weighted by Gasteiger charge is 2.62. The zero-order chi connectivity index (χ0) is 18.7. The van der Waals surface area contributed by atoms with Gasteiger partial charge in [-0.3, -0.25) is 14.4 Å². The second kappa shape index (κ2) is 5.66. The maximum absolute atomic E-state index is 13.2. The predicted octanol–water partition coefficient (Wildman–Crippen LogP) is 3.16. The quantitative estimate of drug-likeness (QED) is 0.477. The van der Waals surface area contributed by atoms with Gasteiger partial charge < -0.3 is 4.74 Å². The van der Waals surface area contributed by atoms with Gasteiger partial charge in [0.2, 0.25) is 11.8 Å². The van der Waals surface area contributed by atoms with E-state index in [-0.39, 0.29) is 41.3 Å². The van der Waals surface area contributed by atoms with Crippen LogP contribution in [0.3, 0.4) is 0 Å². The molecular formula is C21H21NO4. The third-order valence-corrected chi connectivity index (χ3v) is 5.82. The van der Waals surface area contributed by atoms with Crippen LogP contribution < -0.4 is 9.64 Å². The molecule has 5 nitrogen and oxygen atoms in total. The van der Waals surface area contributed by atoms with Crippen molar-refractivity contribution in [3.8, 4) is 5.75 Å². The molecule has 0 spiro atoms. The Morgan fingerprint density at radius 2 is 1.58 bits per heavy atom. The molecule has 2 fully saturated rings. The first-order valence-electron chi connectivity index (χ1n) is 8.79. The van der Waals surface area contributed by atoms with Crippen molar-refractivity contribution >= 4 is 23.3 Å². The Balaban J connectivity index is 1.80. The number of methoxy groups -OCH3 is 1. The normalized spacial score (nSPS) is 28.8. The van der Waals surface area contributed by atoms with E-state index in [2.05, 4.69) is 12.2 Å². The smallest absolute Gasteiger partial charge is 0.238 e. The molecule has 1 aliphatic heterocycles. The number of fused-ring (bicyclic) bond motifs is 5. The largest absolute Gasteiger partial charge is 0.495 e. The van der Waals surface area contributed by atoms with Gasteiger partial charge in [-0.25, -0.2) is 4.90 Å². The number of hydrogen-bond donors (Lipinski definition) is 0. The van der Waals surface area contributed by atoms with E-state index in [9.17, 15) is 14.4 Å². The number of Topliss-reactive ketones (excluding diaryl/α,β-unsaturated/α-hetero) is 1. The number of nitrogens with zero attached hydrogens (tertiary/aromatic N) is 1. The summed E-state index contributed by atoms with van der Waals surface area (Å²) in [6.07, 6.45) is 4.12. The van der Waals surface area contributed by atoms with Crippen LogP contribution in [0.4, 0.5) is 5.69 Å². The van der Waals surface area contributed by atoms with Crippen LogP contribution in [0, 0.1) is 23.7 Å². The SMILES string of the molecule is COc1ccc(C(C)=O)cc1N1C(=O)C2C3C=CC(C3=C(C)C)C2C1=O. The summed E-state index contributed by atoms with van der Waals surface area (Å²) in [6.45, 7) is 5.53. The maximum atomic E-state index is 13.2. The number of rotatable bonds is 3. The first-order valence-corrected chi connectivity index (χ1v) is 8.79. The molecule has 0 radical (unpaired) electrons. The Morgan fingerprint density at radius 3 is 2.04 bits per heavy atom. The molecule has 2 amide bonds. The molecule has 4 atom stereocenters. The fourth-order valence-electron chi connectivity index (χ4n) is 4.75. The number of carbonyl (C=O) groups excluding carboxylic acids is 3. The van der Waals surface area contributed by atoms with Gasteiger partial charge in [-0.1, -0.05) is 23.3 Å². The first kappa shape index (κ1) is 16.8. The van der Waals surface area contributed by atoms with Crippen molar-refractivity contribution in [1.29, 1.82) is 0 Å². The number of benzene rings is 1. The van der Waals surface area contributed by atoms with Crippen molar-refractivity contribution < 1.29 is 19.1 Å². The van der Waals surface area contributed by atoms with Gasteiger partial charge in [-0.2, -0.15) is 0 Å². The van der Waals surface area contributed by atoms with Crippen molar-refractivity contribution in [3.63, 3.8) is 0 Å². The van der Waals surface area contributed by atoms with Crippen LogP contribution in [-0.2, 0) is 9.59 Å². The Morgan fingerprint density at radius 1 is 1.00 bits per heavy atom. The van der Waals surface area contributed by atoms with E-state index < -0.39 is 0 Å². The summed E-state index contributed by atoms with van der Waals surface area (Å²) in [5.41, 5.74) is 3.21. The lowest BCUT2D eigenvalue weighted by Crippen LogP contribution is -2.33. The van der Waals surface area contributed by atoms with Crippen molar-refractivity contribution in [2.24, 2.45) is 23.7 Å². The first-order chi connectivity index (χ1) is 12.4. The van der Waals surface area contributed by atoms with E-state index in [0.29, 0.717) is 17.0 Å². The summed E-state index contributed by atoms with van der Waals surface area (Å²) >= 11 is 0. The molecule has 1 heterocycles. The highest BCUT2D eigenvalue weighted by Crippen LogP contribution is 2.57. The lowest BCUT2D eigenvalue weighted by atomic mass is 9.85. The van der Waals surface area contributed by atoms with E-state index >= 15 is 0 Å². The Labute approximate surface area is 152 Å². The van der Waals surface area contributed by atoms with Gasteiger partial charge in [0.1, 0.15) is 5.75 Å². The van der Waals surface area contributed by atoms with Crippen molar-refractivity contribution in [2.75, 3.05) is 12.0 Å². The number of allylic oxidation sites excluding steroid dienone is 4. The minimum absolute atomic E-state index is 0.00145. The highest BCUT2D eigenvalue weighted by atomic mass is 16.5. The molecule has 4 rings (SSSR count). The lowest BCUT2D eigenvalue weighted by Gasteiger charge is -2.21. The lowest BCUT2D eigenvalue weighted by molar-refractivity contribution is -0.123. The number of hydrogen-bond acceptors (Lipinski definition) is 4. The molecule has 3 aliphatic rings. The Bertz CT molecular complexity index is 873. The van der Waals surface area contributed by atoms with E-state index in [1.807, 2.05) is 13.8 Å². The van der Waals surface area contributed by atoms with Gasteiger partial charge in [0.05, 0.1) is 24.6 Å². The zero-order valence-corrected chi connectivity index (χ0v) is 15.3. The van der Waals surface area contributed by atoms with E-state index in [1.165, 1.54) is 30.1 Å². The van der Waals surface area contributed by atoms with Gasteiger partial charge in [-0.15, -0.1) is 0 Å². The number of carbonyl (C=O) groups is 3. The summed E-state index contributed by atoms with van der Waals surface area (Å²) in [5, 5.41) is 0. The topological polar surface area (TPSA) is 63.7 Å². The van der Waals surface area contributed by atoms with Crippen LogP contribution in [0.15, 0.2) is 41.5 Å². The predicted molar refractivity (Wildman–Crippen MR) is 97.0 cm³/mol. The fourth-order valence-corrected chi connectivity index (χ4v) is 4.75. The van der Waals surface area contributed by atoms with E-state index in [0.717, 1.165) is 0 Å². The van der Waals surface area contributed by atoms with Crippen LogP contribution in [0.5, 0.6) is 5.75 Å². The fraction of sp³-hybridized carbons (Fsp3) is 0.381. The molecule has 0 aromatic heterocycles. The number of imide groups is 1. The van der Waals surface area contributed by atoms with Crippen LogP contribution >= 0.6 is 0 Å². The highest BCUT2D eigenvalue weighted by molar-refractivity contribution is 6.24. The Kier molecular flexibility index (Phi) is 3.65. The zero-order valence-electron chi connectivity index (χ0n) is 15.3. The average molecular weight is 351 g/mol. The van der Waals surface area contributed by atoms with Crippen LogP contribution in [0.25, 0.3) is 0 Å². The summed E-state index contributed by atoms with van der Waals surface area (Å²) in [4.78, 5) is 39.4. The number of ether oxygens (including phenoxy) is 1. The molecule has 2 bridgehead atoms.